The molecule has 2 aromatic carbocycles. The Morgan fingerprint density at radius 2 is 1.70 bits per heavy atom. The van der Waals surface area contributed by atoms with Crippen molar-refractivity contribution >= 4 is 5.69 Å². The molecule has 0 saturated heterocycles. The van der Waals surface area contributed by atoms with Crippen molar-refractivity contribution in [2.24, 2.45) is 0 Å². The number of methoxy groups -OCH3 is 1. The summed E-state index contributed by atoms with van der Waals surface area (Å²) in [6, 6.07) is 16.8. The maximum absolute atomic E-state index is 5.25. The zero-order valence-corrected chi connectivity index (χ0v) is 12.2. The second kappa shape index (κ2) is 4.41. The fourth-order valence-corrected chi connectivity index (χ4v) is 3.07. The van der Waals surface area contributed by atoms with Crippen LogP contribution in [0.15, 0.2) is 60.8 Å². The molecule has 1 aliphatic heterocycles. The molecule has 3 rings (SSSR count). The standard InChI is InChI=1S/C18H19NO/c1-13-18(2,14-9-11-15(20-4)12-10-14)16-7-5-6-8-17(16)19(13)3/h5-12H,1H2,2-4H3. The number of anilines is 1. The van der Waals surface area contributed by atoms with Gasteiger partial charge < -0.3 is 9.64 Å². The van der Waals surface area contributed by atoms with Crippen molar-refractivity contribution in [3.05, 3.63) is 71.9 Å². The summed E-state index contributed by atoms with van der Waals surface area (Å²) in [4.78, 5) is 2.18. The van der Waals surface area contributed by atoms with E-state index >= 15 is 0 Å². The molecule has 2 aromatic rings. The van der Waals surface area contributed by atoms with E-state index in [1.807, 2.05) is 12.1 Å². The zero-order chi connectivity index (χ0) is 14.3. The fourth-order valence-electron chi connectivity index (χ4n) is 3.07. The predicted octanol–water partition coefficient (Wildman–Crippen LogP) is 3.96. The van der Waals surface area contributed by atoms with Gasteiger partial charge in [-0.3, -0.25) is 0 Å². The summed E-state index contributed by atoms with van der Waals surface area (Å²) < 4.78 is 5.25. The molecule has 0 radical (unpaired) electrons. The van der Waals surface area contributed by atoms with Crippen LogP contribution in [0.1, 0.15) is 18.1 Å². The second-order valence-corrected chi connectivity index (χ2v) is 5.38. The lowest BCUT2D eigenvalue weighted by Gasteiger charge is -2.28. The minimum absolute atomic E-state index is 0.183. The topological polar surface area (TPSA) is 12.5 Å². The van der Waals surface area contributed by atoms with Crippen LogP contribution in [0, 0.1) is 0 Å². The number of para-hydroxylation sites is 1. The van der Waals surface area contributed by atoms with Crippen molar-refractivity contribution in [3.63, 3.8) is 0 Å². The van der Waals surface area contributed by atoms with Crippen LogP contribution >= 0.6 is 0 Å². The van der Waals surface area contributed by atoms with Crippen molar-refractivity contribution in [1.82, 2.24) is 0 Å². The Morgan fingerprint density at radius 3 is 2.35 bits per heavy atom. The average Bonchev–Trinajstić information content (AvgIpc) is 2.71. The summed E-state index contributed by atoms with van der Waals surface area (Å²) >= 11 is 0. The first kappa shape index (κ1) is 12.8. The summed E-state index contributed by atoms with van der Waals surface area (Å²) in [5.74, 6) is 0.877. The largest absolute Gasteiger partial charge is 0.497 e. The van der Waals surface area contributed by atoms with Crippen LogP contribution in [0.3, 0.4) is 0 Å². The molecule has 0 bridgehead atoms. The van der Waals surface area contributed by atoms with Crippen LogP contribution in [0.25, 0.3) is 0 Å². The Balaban J connectivity index is 2.17. The lowest BCUT2D eigenvalue weighted by Crippen LogP contribution is -2.26. The first-order valence-corrected chi connectivity index (χ1v) is 6.76. The van der Waals surface area contributed by atoms with Gasteiger partial charge in [-0.05, 0) is 36.2 Å². The Labute approximate surface area is 120 Å². The number of rotatable bonds is 2. The van der Waals surface area contributed by atoms with E-state index in [2.05, 4.69) is 61.8 Å². The van der Waals surface area contributed by atoms with E-state index in [9.17, 15) is 0 Å². The van der Waals surface area contributed by atoms with Crippen molar-refractivity contribution in [2.45, 2.75) is 12.3 Å². The number of ether oxygens (including phenoxy) is 1. The Bertz CT molecular complexity index is 659. The summed E-state index contributed by atoms with van der Waals surface area (Å²) in [5, 5.41) is 0. The lowest BCUT2D eigenvalue weighted by molar-refractivity contribution is 0.414. The third kappa shape index (κ3) is 1.58. The molecule has 0 aliphatic carbocycles. The van der Waals surface area contributed by atoms with Crippen molar-refractivity contribution in [1.29, 1.82) is 0 Å². The van der Waals surface area contributed by atoms with Crippen LogP contribution in [-0.2, 0) is 5.41 Å². The molecule has 0 fully saturated rings. The maximum Gasteiger partial charge on any atom is 0.118 e. The number of fused-ring (bicyclic) bond motifs is 1. The number of hydrogen-bond acceptors (Lipinski definition) is 2. The number of likely N-dealkylation sites (N-methyl/N-ethyl adjacent to an activating group) is 1. The van der Waals surface area contributed by atoms with Gasteiger partial charge in [-0.15, -0.1) is 0 Å². The van der Waals surface area contributed by atoms with Gasteiger partial charge >= 0.3 is 0 Å². The summed E-state index contributed by atoms with van der Waals surface area (Å²) in [7, 11) is 3.77. The van der Waals surface area contributed by atoms with Gasteiger partial charge in [-0.1, -0.05) is 36.9 Å². The van der Waals surface area contributed by atoms with E-state index < -0.39 is 0 Å². The number of benzene rings is 2. The van der Waals surface area contributed by atoms with Crippen molar-refractivity contribution in [3.8, 4) is 5.75 Å². The monoisotopic (exact) mass is 265 g/mol. The van der Waals surface area contributed by atoms with E-state index in [1.165, 1.54) is 16.8 Å². The zero-order valence-electron chi connectivity index (χ0n) is 12.2. The highest BCUT2D eigenvalue weighted by atomic mass is 16.5. The molecule has 2 nitrogen and oxygen atoms in total. The molecule has 20 heavy (non-hydrogen) atoms. The SMILES string of the molecule is C=C1N(C)c2ccccc2C1(C)c1ccc(OC)cc1. The molecule has 1 atom stereocenters. The highest BCUT2D eigenvalue weighted by molar-refractivity contribution is 5.73. The van der Waals surface area contributed by atoms with Crippen molar-refractivity contribution in [2.75, 3.05) is 19.1 Å². The fraction of sp³-hybridized carbons (Fsp3) is 0.222. The summed E-state index contributed by atoms with van der Waals surface area (Å²) in [6.45, 7) is 6.55. The number of nitrogens with zero attached hydrogens (tertiary/aromatic N) is 1. The van der Waals surface area contributed by atoms with Gasteiger partial charge in [-0.2, -0.15) is 0 Å². The molecule has 102 valence electrons. The predicted molar refractivity (Wildman–Crippen MR) is 83.4 cm³/mol. The van der Waals surface area contributed by atoms with Gasteiger partial charge in [0, 0.05) is 18.4 Å². The van der Waals surface area contributed by atoms with Gasteiger partial charge in [-0.25, -0.2) is 0 Å². The van der Waals surface area contributed by atoms with Gasteiger partial charge in [0.05, 0.1) is 12.5 Å². The van der Waals surface area contributed by atoms with Gasteiger partial charge in [0.2, 0.25) is 0 Å². The first-order valence-electron chi connectivity index (χ1n) is 6.76. The second-order valence-electron chi connectivity index (χ2n) is 5.38. The molecule has 1 heterocycles. The van der Waals surface area contributed by atoms with E-state index in [-0.39, 0.29) is 5.41 Å². The van der Waals surface area contributed by atoms with Crippen LogP contribution in [0.4, 0.5) is 5.69 Å². The molecule has 0 aromatic heterocycles. The molecule has 2 heteroatoms. The highest BCUT2D eigenvalue weighted by Crippen LogP contribution is 2.50. The van der Waals surface area contributed by atoms with Crippen molar-refractivity contribution < 1.29 is 4.74 Å². The lowest BCUT2D eigenvalue weighted by atomic mass is 9.76. The molecular weight excluding hydrogens is 246 g/mol. The summed E-state index contributed by atoms with van der Waals surface area (Å²) in [6.07, 6.45) is 0. The first-order chi connectivity index (χ1) is 9.59. The van der Waals surface area contributed by atoms with Crippen LogP contribution in [-0.4, -0.2) is 14.2 Å². The average molecular weight is 265 g/mol. The van der Waals surface area contributed by atoms with E-state index in [1.54, 1.807) is 7.11 Å². The normalized spacial score (nSPS) is 20.9. The van der Waals surface area contributed by atoms with Gasteiger partial charge in [0.1, 0.15) is 5.75 Å². The molecule has 0 N–H and O–H groups in total. The molecule has 1 unspecified atom stereocenters. The molecule has 1 aliphatic rings. The van der Waals surface area contributed by atoms with E-state index in [0.29, 0.717) is 0 Å². The third-order valence-corrected chi connectivity index (χ3v) is 4.45. The smallest absolute Gasteiger partial charge is 0.118 e. The van der Waals surface area contributed by atoms with Gasteiger partial charge in [0.15, 0.2) is 0 Å². The summed E-state index contributed by atoms with van der Waals surface area (Å²) in [5.41, 5.74) is 4.69. The van der Waals surface area contributed by atoms with Gasteiger partial charge in [0.25, 0.3) is 0 Å². The van der Waals surface area contributed by atoms with Crippen LogP contribution < -0.4 is 9.64 Å². The molecule has 0 saturated carbocycles. The minimum Gasteiger partial charge on any atom is -0.497 e. The number of hydrogen-bond donors (Lipinski definition) is 0. The van der Waals surface area contributed by atoms with E-state index in [0.717, 1.165) is 11.4 Å². The minimum atomic E-state index is -0.183. The maximum atomic E-state index is 5.25. The number of allylic oxidation sites excluding steroid dienone is 1. The highest BCUT2D eigenvalue weighted by Gasteiger charge is 2.42. The third-order valence-electron chi connectivity index (χ3n) is 4.45. The van der Waals surface area contributed by atoms with Crippen LogP contribution in [0.5, 0.6) is 5.75 Å². The van der Waals surface area contributed by atoms with Crippen LogP contribution in [0.2, 0.25) is 0 Å². The van der Waals surface area contributed by atoms with E-state index in [4.69, 9.17) is 4.74 Å². The Hall–Kier alpha value is -2.22. The molecule has 0 amide bonds. The Kier molecular flexibility index (Phi) is 2.82. The molecule has 0 spiro atoms. The quantitative estimate of drug-likeness (QED) is 0.814. The Morgan fingerprint density at radius 1 is 1.05 bits per heavy atom. The molecular formula is C18H19NO.